The second kappa shape index (κ2) is 8.30. The molecule has 1 fully saturated rings. The third kappa shape index (κ3) is 3.65. The highest BCUT2D eigenvalue weighted by Crippen LogP contribution is 2.40. The molecule has 1 aliphatic heterocycles. The van der Waals surface area contributed by atoms with E-state index in [0.717, 1.165) is 12.1 Å². The van der Waals surface area contributed by atoms with E-state index in [0.29, 0.717) is 40.2 Å². The fourth-order valence-corrected chi connectivity index (χ4v) is 3.21. The second-order valence-electron chi connectivity index (χ2n) is 6.01. The predicted octanol–water partition coefficient (Wildman–Crippen LogP) is 2.19. The molecule has 2 aromatic rings. The maximum Gasteiger partial charge on any atom is 0.276 e. The Balaban J connectivity index is 1.89. The minimum Gasteiger partial charge on any atom is -0.493 e. The molecule has 9 heteroatoms. The van der Waals surface area contributed by atoms with Crippen molar-refractivity contribution in [3.05, 3.63) is 41.4 Å². The first kappa shape index (κ1) is 19.7. The van der Waals surface area contributed by atoms with Crippen molar-refractivity contribution in [1.29, 1.82) is 0 Å². The first-order valence-electron chi connectivity index (χ1n) is 8.67. The number of hydrogen-bond donors (Lipinski definition) is 1. The van der Waals surface area contributed by atoms with Crippen LogP contribution in [0.15, 0.2) is 30.2 Å². The van der Waals surface area contributed by atoms with Gasteiger partial charge in [0.05, 0.1) is 34.1 Å². The normalized spacial score (nSPS) is 15.1. The van der Waals surface area contributed by atoms with Crippen LogP contribution in [0.5, 0.6) is 17.2 Å². The molecule has 0 bridgehead atoms. The maximum atomic E-state index is 12.9. The number of aryl methyl sites for hydroxylation is 1. The number of hydrogen-bond acceptors (Lipinski definition) is 6. The molecule has 0 saturated carbocycles. The minimum atomic E-state index is -0.217. The summed E-state index contributed by atoms with van der Waals surface area (Å²) in [5.74, 6) is 1.25. The summed E-state index contributed by atoms with van der Waals surface area (Å²) in [5.41, 5.74) is 1.93. The molecule has 0 spiro atoms. The van der Waals surface area contributed by atoms with Gasteiger partial charge in [-0.05, 0) is 37.4 Å². The molecular weight excluding hydrogens is 380 g/mol. The zero-order valence-corrected chi connectivity index (χ0v) is 17.0. The van der Waals surface area contributed by atoms with Crippen LogP contribution in [0.1, 0.15) is 18.1 Å². The molecule has 1 aromatic carbocycles. The molecule has 0 atom stereocenters. The van der Waals surface area contributed by atoms with Gasteiger partial charge in [-0.1, -0.05) is 0 Å². The summed E-state index contributed by atoms with van der Waals surface area (Å²) in [5, 5.41) is 7.55. The van der Waals surface area contributed by atoms with Gasteiger partial charge in [0, 0.05) is 23.9 Å². The van der Waals surface area contributed by atoms with Crippen LogP contribution in [0.2, 0.25) is 0 Å². The predicted molar refractivity (Wildman–Crippen MR) is 108 cm³/mol. The van der Waals surface area contributed by atoms with Crippen molar-refractivity contribution in [3.63, 3.8) is 0 Å². The third-order valence-corrected chi connectivity index (χ3v) is 4.67. The van der Waals surface area contributed by atoms with E-state index in [1.165, 1.54) is 19.1 Å². The van der Waals surface area contributed by atoms with E-state index in [-0.39, 0.29) is 5.91 Å². The average molecular weight is 402 g/mol. The third-order valence-electron chi connectivity index (χ3n) is 4.35. The Kier molecular flexibility index (Phi) is 5.84. The summed E-state index contributed by atoms with van der Waals surface area (Å²) in [7, 11) is 4.61. The number of benzene rings is 1. The zero-order valence-electron chi connectivity index (χ0n) is 16.2. The number of rotatable bonds is 7. The summed E-state index contributed by atoms with van der Waals surface area (Å²) >= 11 is 5.34. The van der Waals surface area contributed by atoms with Crippen LogP contribution in [-0.4, -0.2) is 47.0 Å². The van der Waals surface area contributed by atoms with Crippen molar-refractivity contribution < 1.29 is 19.0 Å². The van der Waals surface area contributed by atoms with E-state index < -0.39 is 0 Å². The molecule has 148 valence electrons. The van der Waals surface area contributed by atoms with Gasteiger partial charge < -0.3 is 19.5 Å². The summed E-state index contributed by atoms with van der Waals surface area (Å²) in [6, 6.07) is 3.54. The lowest BCUT2D eigenvalue weighted by Crippen LogP contribution is -2.29. The Labute approximate surface area is 168 Å². The number of amides is 1. The molecular formula is C19H22N4O4S. The average Bonchev–Trinajstić information content (AvgIpc) is 3.27. The highest BCUT2D eigenvalue weighted by atomic mass is 32.1. The Hall–Kier alpha value is -3.07. The molecule has 8 nitrogen and oxygen atoms in total. The molecule has 2 heterocycles. The van der Waals surface area contributed by atoms with Crippen molar-refractivity contribution in [2.45, 2.75) is 20.0 Å². The van der Waals surface area contributed by atoms with Crippen molar-refractivity contribution in [2.75, 3.05) is 21.3 Å². The fourth-order valence-electron chi connectivity index (χ4n) is 2.95. The molecule has 1 amide bonds. The lowest BCUT2D eigenvalue weighted by atomic mass is 10.1. The van der Waals surface area contributed by atoms with E-state index in [2.05, 4.69) is 10.4 Å². The highest BCUT2D eigenvalue weighted by Gasteiger charge is 2.31. The zero-order chi connectivity index (χ0) is 20.3. The monoisotopic (exact) mass is 402 g/mol. The number of ether oxygens (including phenoxy) is 3. The number of aromatic nitrogens is 2. The Morgan fingerprint density at radius 3 is 2.54 bits per heavy atom. The van der Waals surface area contributed by atoms with Gasteiger partial charge >= 0.3 is 0 Å². The molecule has 1 aromatic heterocycles. The fraction of sp³-hybridized carbons (Fsp3) is 0.316. The SMILES string of the molecule is CCn1cc(CN2C(=O)/C(=C\c3ccc(OC)c(OC)c3OC)NC2=S)cn1. The van der Waals surface area contributed by atoms with Crippen LogP contribution in [0.4, 0.5) is 0 Å². The van der Waals surface area contributed by atoms with Gasteiger partial charge in [0.1, 0.15) is 5.70 Å². The number of carbonyl (C=O) groups is 1. The number of nitrogens with zero attached hydrogens (tertiary/aromatic N) is 3. The Morgan fingerprint density at radius 2 is 1.93 bits per heavy atom. The topological polar surface area (TPSA) is 77.9 Å². The molecule has 1 N–H and O–H groups in total. The number of nitrogens with one attached hydrogen (secondary N) is 1. The summed E-state index contributed by atoms with van der Waals surface area (Å²) in [6.07, 6.45) is 5.32. The largest absolute Gasteiger partial charge is 0.493 e. The van der Waals surface area contributed by atoms with Crippen LogP contribution in [-0.2, 0) is 17.9 Å². The van der Waals surface area contributed by atoms with E-state index in [1.54, 1.807) is 36.2 Å². The van der Waals surface area contributed by atoms with Gasteiger partial charge in [0.2, 0.25) is 5.75 Å². The van der Waals surface area contributed by atoms with E-state index in [4.69, 9.17) is 26.4 Å². The Morgan fingerprint density at radius 1 is 1.18 bits per heavy atom. The van der Waals surface area contributed by atoms with Gasteiger partial charge in [-0.2, -0.15) is 5.10 Å². The Bertz CT molecular complexity index is 938. The van der Waals surface area contributed by atoms with Crippen LogP contribution in [0, 0.1) is 0 Å². The first-order valence-corrected chi connectivity index (χ1v) is 9.08. The van der Waals surface area contributed by atoms with Gasteiger partial charge in [-0.3, -0.25) is 14.4 Å². The van der Waals surface area contributed by atoms with E-state index in [9.17, 15) is 4.79 Å². The van der Waals surface area contributed by atoms with Crippen LogP contribution in [0.3, 0.4) is 0 Å². The van der Waals surface area contributed by atoms with Crippen molar-refractivity contribution in [2.24, 2.45) is 0 Å². The number of thiocarbonyl (C=S) groups is 1. The minimum absolute atomic E-state index is 0.217. The molecule has 3 rings (SSSR count). The number of carbonyl (C=O) groups excluding carboxylic acids is 1. The van der Waals surface area contributed by atoms with Gasteiger partial charge in [-0.25, -0.2) is 0 Å². The quantitative estimate of drug-likeness (QED) is 0.562. The molecule has 1 saturated heterocycles. The van der Waals surface area contributed by atoms with Gasteiger partial charge in [-0.15, -0.1) is 0 Å². The molecule has 0 unspecified atom stereocenters. The van der Waals surface area contributed by atoms with E-state index >= 15 is 0 Å². The lowest BCUT2D eigenvalue weighted by Gasteiger charge is -2.14. The van der Waals surface area contributed by atoms with Crippen molar-refractivity contribution in [1.82, 2.24) is 20.0 Å². The van der Waals surface area contributed by atoms with Crippen molar-refractivity contribution in [3.8, 4) is 17.2 Å². The van der Waals surface area contributed by atoms with Gasteiger partial charge in [0.25, 0.3) is 5.91 Å². The number of methoxy groups -OCH3 is 3. The van der Waals surface area contributed by atoms with Crippen molar-refractivity contribution >= 4 is 29.3 Å². The maximum absolute atomic E-state index is 12.9. The van der Waals surface area contributed by atoms with Crippen LogP contribution < -0.4 is 19.5 Å². The smallest absolute Gasteiger partial charge is 0.276 e. The molecule has 28 heavy (non-hydrogen) atoms. The lowest BCUT2D eigenvalue weighted by molar-refractivity contribution is -0.122. The summed E-state index contributed by atoms with van der Waals surface area (Å²) in [4.78, 5) is 14.4. The summed E-state index contributed by atoms with van der Waals surface area (Å²) < 4.78 is 18.0. The molecule has 0 aliphatic carbocycles. The first-order chi connectivity index (χ1) is 13.5. The molecule has 0 radical (unpaired) electrons. The van der Waals surface area contributed by atoms with E-state index in [1.807, 2.05) is 13.1 Å². The highest BCUT2D eigenvalue weighted by molar-refractivity contribution is 7.80. The molecule has 1 aliphatic rings. The second-order valence-corrected chi connectivity index (χ2v) is 6.39. The standard InChI is InChI=1S/C19H22N4O4S/c1-5-22-10-12(9-20-22)11-23-18(24)14(21-19(23)28)8-13-6-7-15(25-2)17(27-4)16(13)26-3/h6-10H,5,11H2,1-4H3,(H,21,28)/b14-8+. The van der Waals surface area contributed by atoms with Gasteiger partial charge in [0.15, 0.2) is 16.6 Å². The van der Waals surface area contributed by atoms with Crippen LogP contribution >= 0.6 is 12.2 Å². The van der Waals surface area contributed by atoms with Crippen LogP contribution in [0.25, 0.3) is 6.08 Å². The summed E-state index contributed by atoms with van der Waals surface area (Å²) in [6.45, 7) is 3.12.